The van der Waals surface area contributed by atoms with E-state index in [1.54, 1.807) is 12.1 Å². The van der Waals surface area contributed by atoms with E-state index in [0.717, 1.165) is 29.0 Å². The maximum Gasteiger partial charge on any atom is 0.131 e. The van der Waals surface area contributed by atoms with Crippen molar-refractivity contribution in [1.82, 2.24) is 4.90 Å². The maximum atomic E-state index is 14.2. The number of fused-ring (bicyclic) bond motifs is 1. The van der Waals surface area contributed by atoms with Gasteiger partial charge in [-0.15, -0.1) is 0 Å². The van der Waals surface area contributed by atoms with Gasteiger partial charge in [0.2, 0.25) is 0 Å². The van der Waals surface area contributed by atoms with Gasteiger partial charge in [-0.05, 0) is 62.2 Å². The van der Waals surface area contributed by atoms with Crippen LogP contribution in [0.5, 0.6) is 5.75 Å². The summed E-state index contributed by atoms with van der Waals surface area (Å²) in [4.78, 5) is 2.48. The highest BCUT2D eigenvalue weighted by molar-refractivity contribution is 5.74. The average molecular weight is 340 g/mol. The maximum absolute atomic E-state index is 14.2. The summed E-state index contributed by atoms with van der Waals surface area (Å²) in [6.45, 7) is 5.84. The second-order valence-electron chi connectivity index (χ2n) is 7.31. The molecule has 0 saturated carbocycles. The molecule has 3 nitrogen and oxygen atoms in total. The minimum absolute atomic E-state index is 0.0515. The number of nitrogens with two attached hydrogens (primary N) is 1. The summed E-state index contributed by atoms with van der Waals surface area (Å²) in [5, 5.41) is 0. The third kappa shape index (κ3) is 3.42. The monoisotopic (exact) mass is 340 g/mol. The fraction of sp³-hybridized carbons (Fsp3) is 0.429. The third-order valence-electron chi connectivity index (χ3n) is 5.18. The Morgan fingerprint density at radius 3 is 2.72 bits per heavy atom. The Morgan fingerprint density at radius 2 is 1.96 bits per heavy atom. The number of hydrogen-bond donors (Lipinski definition) is 1. The van der Waals surface area contributed by atoms with E-state index >= 15 is 0 Å². The second-order valence-corrected chi connectivity index (χ2v) is 7.31. The van der Waals surface area contributed by atoms with Crippen molar-refractivity contribution in [3.8, 4) is 16.9 Å². The van der Waals surface area contributed by atoms with Gasteiger partial charge in [0.1, 0.15) is 17.7 Å². The lowest BCUT2D eigenvalue weighted by atomic mass is 9.97. The topological polar surface area (TPSA) is 38.5 Å². The van der Waals surface area contributed by atoms with Crippen LogP contribution in [-0.2, 0) is 13.0 Å². The fourth-order valence-corrected chi connectivity index (χ4v) is 4.05. The molecule has 0 unspecified atom stereocenters. The van der Waals surface area contributed by atoms with E-state index in [1.165, 1.54) is 37.1 Å². The number of hydrogen-bond acceptors (Lipinski definition) is 3. The van der Waals surface area contributed by atoms with Crippen LogP contribution in [0.15, 0.2) is 30.3 Å². The zero-order valence-electron chi connectivity index (χ0n) is 14.7. The van der Waals surface area contributed by atoms with Crippen molar-refractivity contribution in [3.63, 3.8) is 0 Å². The number of likely N-dealkylation sites (tertiary alicyclic amines) is 1. The van der Waals surface area contributed by atoms with Crippen LogP contribution in [0.4, 0.5) is 4.39 Å². The van der Waals surface area contributed by atoms with Crippen molar-refractivity contribution in [2.24, 2.45) is 5.73 Å². The molecule has 25 heavy (non-hydrogen) atoms. The van der Waals surface area contributed by atoms with Crippen molar-refractivity contribution in [3.05, 3.63) is 52.8 Å². The molecule has 2 heterocycles. The van der Waals surface area contributed by atoms with Gasteiger partial charge in [0.05, 0.1) is 0 Å². The highest BCUT2D eigenvalue weighted by Gasteiger charge is 2.26. The Labute approximate surface area is 148 Å². The van der Waals surface area contributed by atoms with E-state index < -0.39 is 0 Å². The van der Waals surface area contributed by atoms with Crippen LogP contribution in [-0.4, -0.2) is 30.6 Å². The van der Waals surface area contributed by atoms with Crippen LogP contribution in [0.1, 0.15) is 29.5 Å². The predicted octanol–water partition coefficient (Wildman–Crippen LogP) is 3.66. The minimum Gasteiger partial charge on any atom is -0.488 e. The van der Waals surface area contributed by atoms with E-state index in [4.69, 9.17) is 10.5 Å². The molecule has 0 spiro atoms. The summed E-state index contributed by atoms with van der Waals surface area (Å²) >= 11 is 0. The molecule has 2 N–H and O–H groups in total. The predicted molar refractivity (Wildman–Crippen MR) is 98.3 cm³/mol. The van der Waals surface area contributed by atoms with Gasteiger partial charge in [-0.2, -0.15) is 0 Å². The van der Waals surface area contributed by atoms with Gasteiger partial charge in [-0.25, -0.2) is 4.39 Å². The Hall–Kier alpha value is -1.91. The van der Waals surface area contributed by atoms with Crippen molar-refractivity contribution >= 4 is 0 Å². The Morgan fingerprint density at radius 1 is 1.16 bits per heavy atom. The zero-order chi connectivity index (χ0) is 17.4. The third-order valence-corrected chi connectivity index (χ3v) is 5.18. The molecule has 0 aromatic heterocycles. The standard InChI is InChI=1S/C21H25FN2O/c1-14-6-15(13-24-4-2-3-5-24)8-16(7-14)20-11-18(22)9-17-10-19(12-23)25-21(17)20/h6-9,11,19H,2-5,10,12-13,23H2,1H3/t19-/m0/s1. The van der Waals surface area contributed by atoms with Crippen LogP contribution in [0.25, 0.3) is 11.1 Å². The summed E-state index contributed by atoms with van der Waals surface area (Å²) in [6.07, 6.45) is 3.20. The highest BCUT2D eigenvalue weighted by atomic mass is 19.1. The molecule has 0 radical (unpaired) electrons. The minimum atomic E-state index is -0.211. The molecule has 0 aliphatic carbocycles. The summed E-state index contributed by atoms with van der Waals surface area (Å²) < 4.78 is 20.2. The molecule has 2 aliphatic rings. The summed E-state index contributed by atoms with van der Waals surface area (Å²) in [5.41, 5.74) is 11.0. The number of aryl methyl sites for hydroxylation is 1. The molecule has 132 valence electrons. The molecule has 4 heteroatoms. The Balaban J connectivity index is 1.71. The van der Waals surface area contributed by atoms with Gasteiger partial charge < -0.3 is 10.5 Å². The van der Waals surface area contributed by atoms with Gasteiger partial charge in [-0.1, -0.05) is 17.7 Å². The van der Waals surface area contributed by atoms with E-state index in [-0.39, 0.29) is 11.9 Å². The van der Waals surface area contributed by atoms with Crippen LogP contribution in [0, 0.1) is 12.7 Å². The molecule has 0 bridgehead atoms. The molecular formula is C21H25FN2O. The summed E-state index contributed by atoms with van der Waals surface area (Å²) in [5.74, 6) is 0.590. The number of rotatable bonds is 4. The molecule has 1 saturated heterocycles. The first-order valence-corrected chi connectivity index (χ1v) is 9.15. The van der Waals surface area contributed by atoms with Crippen LogP contribution in [0.3, 0.4) is 0 Å². The molecule has 1 fully saturated rings. The largest absolute Gasteiger partial charge is 0.488 e. The number of nitrogens with zero attached hydrogens (tertiary/aromatic N) is 1. The Kier molecular flexibility index (Phi) is 4.48. The van der Waals surface area contributed by atoms with E-state index in [9.17, 15) is 4.39 Å². The molecule has 4 rings (SSSR count). The molecular weight excluding hydrogens is 315 g/mol. The SMILES string of the molecule is Cc1cc(CN2CCCC2)cc(-c2cc(F)cc3c2O[C@H](CN)C3)c1. The summed E-state index contributed by atoms with van der Waals surface area (Å²) in [7, 11) is 0. The average Bonchev–Trinajstić information content (AvgIpc) is 3.22. The smallest absolute Gasteiger partial charge is 0.131 e. The van der Waals surface area contributed by atoms with Gasteiger partial charge in [0, 0.05) is 30.6 Å². The second kappa shape index (κ2) is 6.77. The van der Waals surface area contributed by atoms with Crippen molar-refractivity contribution < 1.29 is 9.13 Å². The van der Waals surface area contributed by atoms with Gasteiger partial charge in [0.15, 0.2) is 0 Å². The van der Waals surface area contributed by atoms with Crippen molar-refractivity contribution in [2.45, 2.75) is 38.8 Å². The lowest BCUT2D eigenvalue weighted by molar-refractivity contribution is 0.242. The lowest BCUT2D eigenvalue weighted by Crippen LogP contribution is -2.24. The molecule has 2 aromatic carbocycles. The lowest BCUT2D eigenvalue weighted by Gasteiger charge is -2.17. The molecule has 2 aliphatic heterocycles. The number of halogens is 1. The summed E-state index contributed by atoms with van der Waals surface area (Å²) in [6, 6.07) is 9.69. The van der Waals surface area contributed by atoms with Gasteiger partial charge in [-0.3, -0.25) is 4.90 Å². The van der Waals surface area contributed by atoms with E-state index in [1.807, 2.05) is 0 Å². The van der Waals surface area contributed by atoms with Gasteiger partial charge in [0.25, 0.3) is 0 Å². The van der Waals surface area contributed by atoms with Crippen LogP contribution in [0.2, 0.25) is 0 Å². The van der Waals surface area contributed by atoms with Crippen molar-refractivity contribution in [1.29, 1.82) is 0 Å². The quantitative estimate of drug-likeness (QED) is 0.923. The van der Waals surface area contributed by atoms with Crippen molar-refractivity contribution in [2.75, 3.05) is 19.6 Å². The molecule has 2 aromatic rings. The van der Waals surface area contributed by atoms with Crippen LogP contribution >= 0.6 is 0 Å². The van der Waals surface area contributed by atoms with E-state index in [2.05, 4.69) is 30.0 Å². The fourth-order valence-electron chi connectivity index (χ4n) is 4.05. The first-order valence-electron chi connectivity index (χ1n) is 9.15. The first-order chi connectivity index (χ1) is 12.1. The highest BCUT2D eigenvalue weighted by Crippen LogP contribution is 2.40. The zero-order valence-corrected chi connectivity index (χ0v) is 14.7. The van der Waals surface area contributed by atoms with Gasteiger partial charge >= 0.3 is 0 Å². The normalized spacial score (nSPS) is 19.9. The first kappa shape index (κ1) is 16.6. The molecule has 1 atom stereocenters. The molecule has 0 amide bonds. The number of benzene rings is 2. The van der Waals surface area contributed by atoms with Crippen LogP contribution < -0.4 is 10.5 Å². The Bertz CT molecular complexity index is 784. The van der Waals surface area contributed by atoms with E-state index in [0.29, 0.717) is 13.0 Å². The number of ether oxygens (including phenoxy) is 1.